The number of rotatable bonds is 6. The molecule has 1 aromatic heterocycles. The molecular weight excluding hydrogens is 412 g/mol. The van der Waals surface area contributed by atoms with Gasteiger partial charge in [0.2, 0.25) is 0 Å². The zero-order chi connectivity index (χ0) is 22.8. The Bertz CT molecular complexity index is 1180. The van der Waals surface area contributed by atoms with Gasteiger partial charge in [-0.05, 0) is 68.8 Å². The van der Waals surface area contributed by atoms with E-state index in [1.54, 1.807) is 14.2 Å². The maximum atomic E-state index is 5.61. The largest absolute Gasteiger partial charge is 0.493 e. The summed E-state index contributed by atoms with van der Waals surface area (Å²) in [6, 6.07) is 19.2. The van der Waals surface area contributed by atoms with Gasteiger partial charge in [0.1, 0.15) is 12.5 Å². The number of likely N-dealkylation sites (N-methyl/N-ethyl adjacent to an activating group) is 1. The van der Waals surface area contributed by atoms with Crippen LogP contribution in [0.1, 0.15) is 31.2 Å². The van der Waals surface area contributed by atoms with Gasteiger partial charge in [0.05, 0.1) is 19.7 Å². The average Bonchev–Trinajstić information content (AvgIpc) is 3.20. The van der Waals surface area contributed by atoms with Crippen molar-refractivity contribution in [3.05, 3.63) is 60.2 Å². The lowest BCUT2D eigenvalue weighted by molar-refractivity contribution is 0.226. The predicted molar refractivity (Wildman–Crippen MR) is 134 cm³/mol. The third-order valence-corrected chi connectivity index (χ3v) is 7.49. The van der Waals surface area contributed by atoms with E-state index in [9.17, 15) is 0 Å². The van der Waals surface area contributed by atoms with Gasteiger partial charge in [0.25, 0.3) is 0 Å². The molecule has 2 aliphatic rings. The fraction of sp³-hybridized carbons (Fsp3) is 0.407. The number of fused-ring (bicyclic) bond motifs is 2. The molecule has 6 heteroatoms. The van der Waals surface area contributed by atoms with Crippen LogP contribution in [0.2, 0.25) is 0 Å². The minimum Gasteiger partial charge on any atom is -0.493 e. The smallest absolute Gasteiger partial charge is 0.161 e. The topological polar surface area (TPSA) is 59.0 Å². The average molecular weight is 445 g/mol. The van der Waals surface area contributed by atoms with Crippen LogP contribution < -0.4 is 14.8 Å². The standard InChI is InChI=1S/C27H32N4O2/c1-31-15-14-27(20-9-10-23(32-2)24(16-20)33-3)13-12-21(17-25(27)31)28-18-29-26-11-8-19-6-4-5-7-22(19)30-26/h4-11,16,25H,12-15,17-18H2,1-3H3,(H,29,30)/t25-,27-/m0/s1. The molecule has 2 atom stereocenters. The molecule has 0 spiro atoms. The Balaban J connectivity index is 1.31. The summed E-state index contributed by atoms with van der Waals surface area (Å²) in [5.41, 5.74) is 3.78. The summed E-state index contributed by atoms with van der Waals surface area (Å²) < 4.78 is 11.1. The van der Waals surface area contributed by atoms with E-state index in [0.717, 1.165) is 60.4 Å². The maximum absolute atomic E-state index is 5.61. The van der Waals surface area contributed by atoms with E-state index in [-0.39, 0.29) is 5.41 Å². The number of ether oxygens (including phenoxy) is 2. The Labute approximate surface area is 195 Å². The van der Waals surface area contributed by atoms with E-state index in [1.807, 2.05) is 30.3 Å². The molecule has 2 aromatic carbocycles. The Morgan fingerprint density at radius 1 is 1.06 bits per heavy atom. The van der Waals surface area contributed by atoms with Crippen LogP contribution in [0.15, 0.2) is 59.6 Å². The third-order valence-electron chi connectivity index (χ3n) is 7.49. The predicted octanol–water partition coefficient (Wildman–Crippen LogP) is 4.89. The number of nitrogens with one attached hydrogen (secondary N) is 1. The second-order valence-corrected chi connectivity index (χ2v) is 9.12. The number of para-hydroxylation sites is 1. The van der Waals surface area contributed by atoms with Gasteiger partial charge >= 0.3 is 0 Å². The summed E-state index contributed by atoms with van der Waals surface area (Å²) in [5, 5.41) is 4.53. The number of hydrogen-bond donors (Lipinski definition) is 1. The summed E-state index contributed by atoms with van der Waals surface area (Å²) in [6.45, 7) is 1.66. The number of likely N-dealkylation sites (tertiary alicyclic amines) is 1. The van der Waals surface area contributed by atoms with Gasteiger partial charge in [-0.1, -0.05) is 24.3 Å². The highest BCUT2D eigenvalue weighted by Crippen LogP contribution is 2.49. The van der Waals surface area contributed by atoms with Crippen LogP contribution in [0, 0.1) is 0 Å². The first-order valence-electron chi connectivity index (χ1n) is 11.7. The second-order valence-electron chi connectivity index (χ2n) is 9.12. The molecule has 2 heterocycles. The number of hydrogen-bond acceptors (Lipinski definition) is 6. The highest BCUT2D eigenvalue weighted by Gasteiger charge is 2.49. The Hall–Kier alpha value is -3.12. The van der Waals surface area contributed by atoms with Crippen molar-refractivity contribution >= 4 is 22.4 Å². The van der Waals surface area contributed by atoms with Crippen molar-refractivity contribution in [2.75, 3.05) is 39.8 Å². The number of aromatic nitrogens is 1. The number of anilines is 1. The molecule has 172 valence electrons. The molecule has 2 fully saturated rings. The fourth-order valence-corrected chi connectivity index (χ4v) is 5.62. The first-order valence-corrected chi connectivity index (χ1v) is 11.7. The lowest BCUT2D eigenvalue weighted by Gasteiger charge is -2.42. The molecule has 1 aliphatic carbocycles. The van der Waals surface area contributed by atoms with Gasteiger partial charge in [0.15, 0.2) is 11.5 Å². The molecule has 1 aliphatic heterocycles. The summed E-state index contributed by atoms with van der Waals surface area (Å²) in [5.74, 6) is 2.46. The van der Waals surface area contributed by atoms with E-state index >= 15 is 0 Å². The molecule has 6 nitrogen and oxygen atoms in total. The fourth-order valence-electron chi connectivity index (χ4n) is 5.62. The summed E-state index contributed by atoms with van der Waals surface area (Å²) in [7, 11) is 5.64. The van der Waals surface area contributed by atoms with Crippen LogP contribution in [0.5, 0.6) is 11.5 Å². The number of nitrogens with zero attached hydrogens (tertiary/aromatic N) is 3. The first kappa shape index (κ1) is 21.7. The molecule has 0 amide bonds. The van der Waals surface area contributed by atoms with Gasteiger partial charge in [-0.25, -0.2) is 4.98 Å². The van der Waals surface area contributed by atoms with Gasteiger partial charge < -0.3 is 19.7 Å². The molecule has 0 bridgehead atoms. The zero-order valence-electron chi connectivity index (χ0n) is 19.7. The minimum absolute atomic E-state index is 0.140. The molecule has 1 saturated heterocycles. The molecular formula is C27H32N4O2. The molecule has 1 N–H and O–H groups in total. The number of benzene rings is 2. The lowest BCUT2D eigenvalue weighted by Crippen LogP contribution is -2.46. The van der Waals surface area contributed by atoms with Crippen molar-refractivity contribution in [2.24, 2.45) is 4.99 Å². The van der Waals surface area contributed by atoms with E-state index in [0.29, 0.717) is 12.7 Å². The summed E-state index contributed by atoms with van der Waals surface area (Å²) >= 11 is 0. The zero-order valence-corrected chi connectivity index (χ0v) is 19.7. The van der Waals surface area contributed by atoms with Gasteiger partial charge in [-0.2, -0.15) is 0 Å². The number of aliphatic imine (C=N–C) groups is 1. The van der Waals surface area contributed by atoms with Crippen molar-refractivity contribution in [1.29, 1.82) is 0 Å². The Morgan fingerprint density at radius 3 is 2.76 bits per heavy atom. The van der Waals surface area contributed by atoms with Crippen molar-refractivity contribution in [1.82, 2.24) is 9.88 Å². The van der Waals surface area contributed by atoms with Crippen LogP contribution in [-0.2, 0) is 5.41 Å². The van der Waals surface area contributed by atoms with Gasteiger partial charge in [0, 0.05) is 29.0 Å². The van der Waals surface area contributed by atoms with E-state index in [1.165, 1.54) is 11.3 Å². The van der Waals surface area contributed by atoms with E-state index in [2.05, 4.69) is 41.5 Å². The Kier molecular flexibility index (Phi) is 5.94. The summed E-state index contributed by atoms with van der Waals surface area (Å²) in [6.07, 6.45) is 4.28. The molecule has 33 heavy (non-hydrogen) atoms. The highest BCUT2D eigenvalue weighted by atomic mass is 16.5. The number of pyridine rings is 1. The lowest BCUT2D eigenvalue weighted by atomic mass is 9.65. The molecule has 0 radical (unpaired) electrons. The van der Waals surface area contributed by atoms with Crippen molar-refractivity contribution in [3.8, 4) is 11.5 Å². The van der Waals surface area contributed by atoms with Crippen LogP contribution in [0.3, 0.4) is 0 Å². The monoisotopic (exact) mass is 444 g/mol. The van der Waals surface area contributed by atoms with E-state index in [4.69, 9.17) is 19.5 Å². The number of methoxy groups -OCH3 is 2. The quantitative estimate of drug-likeness (QED) is 0.587. The van der Waals surface area contributed by atoms with Crippen molar-refractivity contribution in [2.45, 2.75) is 37.1 Å². The van der Waals surface area contributed by atoms with Crippen LogP contribution in [-0.4, -0.2) is 56.1 Å². The van der Waals surface area contributed by atoms with Crippen LogP contribution >= 0.6 is 0 Å². The summed E-state index contributed by atoms with van der Waals surface area (Å²) in [4.78, 5) is 12.1. The Morgan fingerprint density at radius 2 is 1.91 bits per heavy atom. The van der Waals surface area contributed by atoms with Crippen molar-refractivity contribution in [3.63, 3.8) is 0 Å². The molecule has 5 rings (SSSR count). The van der Waals surface area contributed by atoms with Crippen LogP contribution in [0.25, 0.3) is 10.9 Å². The normalized spacial score (nSPS) is 24.1. The second kappa shape index (κ2) is 9.02. The minimum atomic E-state index is 0.140. The van der Waals surface area contributed by atoms with Gasteiger partial charge in [-0.15, -0.1) is 0 Å². The molecule has 1 saturated carbocycles. The molecule has 0 unspecified atom stereocenters. The van der Waals surface area contributed by atoms with Gasteiger partial charge in [-0.3, -0.25) is 4.99 Å². The maximum Gasteiger partial charge on any atom is 0.161 e. The first-order chi connectivity index (χ1) is 16.1. The molecule has 3 aromatic rings. The van der Waals surface area contributed by atoms with E-state index < -0.39 is 0 Å². The highest BCUT2D eigenvalue weighted by molar-refractivity contribution is 5.87. The van der Waals surface area contributed by atoms with Crippen LogP contribution in [0.4, 0.5) is 5.82 Å². The SMILES string of the molecule is COc1ccc([C@@]23CCC(=NCNc4ccc5ccccc5n4)C[C@@H]2N(C)CC3)cc1OC. The third kappa shape index (κ3) is 4.04. The van der Waals surface area contributed by atoms with Crippen molar-refractivity contribution < 1.29 is 9.47 Å².